The second-order valence-electron chi connectivity index (χ2n) is 4.83. The number of benzene rings is 1. The molecule has 1 aliphatic rings. The van der Waals surface area contributed by atoms with Crippen LogP contribution in [0.4, 0.5) is 4.39 Å². The van der Waals surface area contributed by atoms with Crippen LogP contribution in [-0.4, -0.2) is 37.4 Å². The van der Waals surface area contributed by atoms with Gasteiger partial charge in [-0.25, -0.2) is 4.39 Å². The zero-order valence-corrected chi connectivity index (χ0v) is 12.6. The van der Waals surface area contributed by atoms with Crippen LogP contribution in [0.25, 0.3) is 0 Å². The Morgan fingerprint density at radius 2 is 2.38 bits per heavy atom. The minimum absolute atomic E-state index is 0.195. The molecule has 0 spiro atoms. The van der Waals surface area contributed by atoms with Gasteiger partial charge in [0.2, 0.25) is 0 Å². The minimum atomic E-state index is -0.437. The fourth-order valence-corrected chi connectivity index (χ4v) is 2.48. The van der Waals surface area contributed by atoms with Crippen molar-refractivity contribution in [2.45, 2.75) is 6.54 Å². The number of nitrogens with zero attached hydrogens (tertiary/aromatic N) is 1. The summed E-state index contributed by atoms with van der Waals surface area (Å²) in [4.78, 5) is 2.04. The smallest absolute Gasteiger partial charge is 0.130 e. The van der Waals surface area contributed by atoms with Gasteiger partial charge >= 0.3 is 0 Å². The number of nitrogens with two attached hydrogens (primary N) is 1. The van der Waals surface area contributed by atoms with E-state index >= 15 is 0 Å². The molecular weight excluding hydrogens is 293 g/mol. The van der Waals surface area contributed by atoms with Crippen LogP contribution in [-0.2, 0) is 6.54 Å². The van der Waals surface area contributed by atoms with Gasteiger partial charge < -0.3 is 21.3 Å². The summed E-state index contributed by atoms with van der Waals surface area (Å²) in [6.45, 7) is 2.73. The number of hydrogen-bond donors (Lipinski definition) is 4. The summed E-state index contributed by atoms with van der Waals surface area (Å²) < 4.78 is 14.2. The summed E-state index contributed by atoms with van der Waals surface area (Å²) in [6, 6.07) is 2.78. The number of rotatable bonds is 5. The molecule has 1 heterocycles. The molecule has 1 fully saturated rings. The molecule has 114 valence electrons. The molecule has 0 radical (unpaired) electrons. The number of amidine groups is 1. The summed E-state index contributed by atoms with van der Waals surface area (Å²) >= 11 is 6.14. The van der Waals surface area contributed by atoms with Gasteiger partial charge in [-0.15, -0.1) is 0 Å². The Morgan fingerprint density at radius 3 is 3.00 bits per heavy atom. The molecule has 7 heteroatoms. The maximum atomic E-state index is 14.2. The van der Waals surface area contributed by atoms with Crippen molar-refractivity contribution >= 4 is 17.4 Å². The lowest BCUT2D eigenvalue weighted by atomic mass is 10.1. The van der Waals surface area contributed by atoms with Gasteiger partial charge in [0, 0.05) is 42.3 Å². The zero-order valence-electron chi connectivity index (χ0n) is 11.8. The lowest BCUT2D eigenvalue weighted by Gasteiger charge is -2.20. The van der Waals surface area contributed by atoms with Crippen molar-refractivity contribution in [1.82, 2.24) is 15.5 Å². The topological polar surface area (TPSA) is 77.2 Å². The third-order valence-corrected chi connectivity index (χ3v) is 3.67. The molecule has 0 saturated carbocycles. The molecule has 1 aromatic carbocycles. The van der Waals surface area contributed by atoms with Gasteiger partial charge in [0.05, 0.1) is 5.82 Å². The van der Waals surface area contributed by atoms with E-state index in [0.717, 1.165) is 25.5 Å². The van der Waals surface area contributed by atoms with E-state index in [4.69, 9.17) is 22.7 Å². The first-order valence-corrected chi connectivity index (χ1v) is 7.06. The maximum Gasteiger partial charge on any atom is 0.130 e. The van der Waals surface area contributed by atoms with Crippen LogP contribution in [0, 0.1) is 11.2 Å². The average Bonchev–Trinajstić information content (AvgIpc) is 2.87. The summed E-state index contributed by atoms with van der Waals surface area (Å²) in [7, 11) is 1.87. The van der Waals surface area contributed by atoms with Crippen LogP contribution >= 0.6 is 11.6 Å². The Kier molecular flexibility index (Phi) is 5.03. The molecule has 1 aromatic rings. The fourth-order valence-electron chi connectivity index (χ4n) is 2.22. The highest BCUT2D eigenvalue weighted by Crippen LogP contribution is 2.25. The van der Waals surface area contributed by atoms with Gasteiger partial charge in [-0.2, -0.15) is 0 Å². The van der Waals surface area contributed by atoms with Crippen molar-refractivity contribution in [3.05, 3.63) is 46.0 Å². The first kappa shape index (κ1) is 15.6. The molecule has 5 nitrogen and oxygen atoms in total. The average molecular weight is 312 g/mol. The maximum absolute atomic E-state index is 14.2. The Balaban J connectivity index is 2.21. The van der Waals surface area contributed by atoms with Crippen molar-refractivity contribution in [1.29, 1.82) is 5.41 Å². The van der Waals surface area contributed by atoms with Crippen LogP contribution < -0.4 is 16.4 Å². The van der Waals surface area contributed by atoms with Gasteiger partial charge in [-0.1, -0.05) is 11.6 Å². The second kappa shape index (κ2) is 6.78. The van der Waals surface area contributed by atoms with E-state index in [-0.39, 0.29) is 5.84 Å². The number of nitrogens with one attached hydrogen (secondary N) is 3. The Morgan fingerprint density at radius 1 is 1.62 bits per heavy atom. The van der Waals surface area contributed by atoms with E-state index in [1.54, 1.807) is 0 Å². The van der Waals surface area contributed by atoms with Gasteiger partial charge in [0.15, 0.2) is 0 Å². The van der Waals surface area contributed by atoms with Gasteiger partial charge in [0.1, 0.15) is 11.7 Å². The highest BCUT2D eigenvalue weighted by Gasteiger charge is 2.20. The molecule has 0 atom stereocenters. The van der Waals surface area contributed by atoms with E-state index < -0.39 is 5.82 Å². The van der Waals surface area contributed by atoms with Gasteiger partial charge in [-0.3, -0.25) is 5.41 Å². The highest BCUT2D eigenvalue weighted by atomic mass is 35.5. The Labute approximate surface area is 128 Å². The van der Waals surface area contributed by atoms with Crippen LogP contribution in [0.5, 0.6) is 0 Å². The molecule has 1 aliphatic heterocycles. The summed E-state index contributed by atoms with van der Waals surface area (Å²) in [5.41, 5.74) is 6.08. The molecule has 2 rings (SSSR count). The molecule has 0 amide bonds. The number of nitrogen functional groups attached to an aromatic ring is 1. The predicted molar refractivity (Wildman–Crippen MR) is 82.8 cm³/mol. The minimum Gasteiger partial charge on any atom is -0.384 e. The van der Waals surface area contributed by atoms with Crippen LogP contribution in [0.15, 0.2) is 24.0 Å². The van der Waals surface area contributed by atoms with E-state index in [2.05, 4.69) is 10.6 Å². The third kappa shape index (κ3) is 3.65. The summed E-state index contributed by atoms with van der Waals surface area (Å²) in [6.07, 6.45) is 2.02. The predicted octanol–water partition coefficient (Wildman–Crippen LogP) is 1.23. The molecule has 0 bridgehead atoms. The molecule has 5 N–H and O–H groups in total. The molecule has 21 heavy (non-hydrogen) atoms. The first-order chi connectivity index (χ1) is 10.0. The van der Waals surface area contributed by atoms with E-state index in [1.165, 1.54) is 12.1 Å². The molecule has 0 unspecified atom stereocenters. The van der Waals surface area contributed by atoms with E-state index in [0.29, 0.717) is 22.7 Å². The van der Waals surface area contributed by atoms with Crippen molar-refractivity contribution in [3.63, 3.8) is 0 Å². The Bertz CT molecular complexity index is 549. The SMILES string of the molecule is CNC/C=C1\NCCN1Cc1c(F)cc(C(=N)N)cc1Cl. The van der Waals surface area contributed by atoms with Crippen LogP contribution in [0.1, 0.15) is 11.1 Å². The number of halogens is 2. The fraction of sp³-hybridized carbons (Fsp3) is 0.357. The lowest BCUT2D eigenvalue weighted by molar-refractivity contribution is 0.378. The van der Waals surface area contributed by atoms with Crippen LogP contribution in [0.3, 0.4) is 0 Å². The largest absolute Gasteiger partial charge is 0.384 e. The first-order valence-electron chi connectivity index (χ1n) is 6.68. The Hall–Kier alpha value is -1.79. The lowest BCUT2D eigenvalue weighted by Crippen LogP contribution is -2.22. The van der Waals surface area contributed by atoms with Crippen molar-refractivity contribution < 1.29 is 4.39 Å². The highest BCUT2D eigenvalue weighted by molar-refractivity contribution is 6.31. The number of likely N-dealkylation sites (N-methyl/N-ethyl adjacent to an activating group) is 1. The van der Waals surface area contributed by atoms with Gasteiger partial charge in [0.25, 0.3) is 0 Å². The summed E-state index contributed by atoms with van der Waals surface area (Å²) in [5.74, 6) is 0.336. The molecular formula is C14H19ClFN5. The van der Waals surface area contributed by atoms with E-state index in [1.807, 2.05) is 18.0 Å². The normalized spacial score (nSPS) is 16.3. The van der Waals surface area contributed by atoms with Crippen molar-refractivity contribution in [2.75, 3.05) is 26.7 Å². The van der Waals surface area contributed by atoms with Crippen molar-refractivity contribution in [3.8, 4) is 0 Å². The molecule has 1 saturated heterocycles. The van der Waals surface area contributed by atoms with Crippen LogP contribution in [0.2, 0.25) is 5.02 Å². The summed E-state index contributed by atoms with van der Waals surface area (Å²) in [5, 5.41) is 13.9. The van der Waals surface area contributed by atoms with Gasteiger partial charge in [-0.05, 0) is 25.3 Å². The standard InChI is InChI=1S/C14H19ClFN5/c1-19-3-2-13-20-4-5-21(13)8-10-11(15)6-9(14(17)18)7-12(10)16/h2,6-7,19-20H,3-5,8H2,1H3,(H3,17,18)/b13-2+. The third-order valence-electron chi connectivity index (χ3n) is 3.33. The van der Waals surface area contributed by atoms with Crippen molar-refractivity contribution in [2.24, 2.45) is 5.73 Å². The monoisotopic (exact) mass is 311 g/mol. The second-order valence-corrected chi connectivity index (χ2v) is 5.23. The quantitative estimate of drug-likeness (QED) is 0.487. The molecule has 0 aromatic heterocycles. The van der Waals surface area contributed by atoms with E-state index in [9.17, 15) is 4.39 Å². The zero-order chi connectivity index (χ0) is 15.4. The number of hydrogen-bond acceptors (Lipinski definition) is 4. The molecule has 0 aliphatic carbocycles.